The van der Waals surface area contributed by atoms with E-state index >= 15 is 0 Å². The molecule has 46 heavy (non-hydrogen) atoms. The van der Waals surface area contributed by atoms with Crippen LogP contribution in [0.3, 0.4) is 0 Å². The molecule has 3 rings (SSSR count). The molecule has 0 unspecified atom stereocenters. The fraction of sp³-hybridized carbons (Fsp3) is 0.250. The van der Waals surface area contributed by atoms with Crippen LogP contribution in [-0.2, 0) is 28.4 Å². The quantitative estimate of drug-likeness (QED) is 0.131. The van der Waals surface area contributed by atoms with Gasteiger partial charge in [-0.3, -0.25) is 0 Å². The fourth-order valence-electron chi connectivity index (χ4n) is 3.54. The molecular weight excluding hydrogens is 608 g/mol. The van der Waals surface area contributed by atoms with E-state index in [1.807, 2.05) is 0 Å². The molecule has 0 aliphatic heterocycles. The maximum absolute atomic E-state index is 12.3. The highest BCUT2D eigenvalue weighted by atomic mass is 16.6. The van der Waals surface area contributed by atoms with Crippen LogP contribution in [0.1, 0.15) is 62.1 Å². The number of esters is 6. The molecule has 0 amide bonds. The number of carbonyl (C=O) groups excluding carboxylic acids is 6. The van der Waals surface area contributed by atoms with E-state index in [4.69, 9.17) is 38.6 Å². The summed E-state index contributed by atoms with van der Waals surface area (Å²) in [4.78, 5) is 72.4. The summed E-state index contributed by atoms with van der Waals surface area (Å²) >= 11 is 0. The molecule has 0 aliphatic rings. The Hall–Kier alpha value is -5.60. The first kappa shape index (κ1) is 34.9. The van der Waals surface area contributed by atoms with E-state index in [0.717, 1.165) is 0 Å². The molecule has 0 heterocycles. The zero-order chi connectivity index (χ0) is 33.3. The van der Waals surface area contributed by atoms with Gasteiger partial charge in [-0.15, -0.1) is 0 Å². The fourth-order valence-corrected chi connectivity index (χ4v) is 3.54. The minimum atomic E-state index is -0.719. The summed E-state index contributed by atoms with van der Waals surface area (Å²) in [5.41, 5.74) is 0.984. The van der Waals surface area contributed by atoms with Gasteiger partial charge in [0.05, 0.1) is 46.6 Å². The van der Waals surface area contributed by atoms with Crippen molar-refractivity contribution < 1.29 is 67.4 Å². The lowest BCUT2D eigenvalue weighted by Gasteiger charge is -2.08. The summed E-state index contributed by atoms with van der Waals surface area (Å²) in [6, 6.07) is 16.4. The average Bonchev–Trinajstić information content (AvgIpc) is 3.09. The SMILES string of the molecule is O=C(OCCO)c1ccc(C(=O)OCCOC(=O)c2ccc(C(=O)OCCOC(=O)c3ccc(C(=O)OCCO)cc3)cc2)cc1. The Kier molecular flexibility index (Phi) is 13.9. The highest BCUT2D eigenvalue weighted by molar-refractivity contribution is 5.95. The predicted octanol–water partition coefficient (Wildman–Crippen LogP) is 2.01. The summed E-state index contributed by atoms with van der Waals surface area (Å²) in [5, 5.41) is 17.4. The van der Waals surface area contributed by atoms with Gasteiger partial charge in [-0.25, -0.2) is 28.8 Å². The molecule has 242 valence electrons. The van der Waals surface area contributed by atoms with Gasteiger partial charge in [-0.1, -0.05) is 0 Å². The molecule has 2 N–H and O–H groups in total. The van der Waals surface area contributed by atoms with Gasteiger partial charge in [0.25, 0.3) is 0 Å². The van der Waals surface area contributed by atoms with Gasteiger partial charge >= 0.3 is 35.8 Å². The van der Waals surface area contributed by atoms with Crippen LogP contribution in [0.4, 0.5) is 0 Å². The lowest BCUT2D eigenvalue weighted by molar-refractivity contribution is 0.0263. The van der Waals surface area contributed by atoms with Gasteiger partial charge < -0.3 is 38.6 Å². The van der Waals surface area contributed by atoms with E-state index in [-0.39, 0.29) is 86.2 Å². The molecule has 0 aromatic heterocycles. The van der Waals surface area contributed by atoms with Crippen LogP contribution in [0.5, 0.6) is 0 Å². The van der Waals surface area contributed by atoms with Crippen molar-refractivity contribution in [1.29, 1.82) is 0 Å². The Morgan fingerprint density at radius 3 is 0.630 bits per heavy atom. The van der Waals surface area contributed by atoms with E-state index in [1.54, 1.807) is 0 Å². The number of rotatable bonds is 16. The normalized spacial score (nSPS) is 10.3. The molecule has 14 heteroatoms. The Morgan fingerprint density at radius 2 is 0.478 bits per heavy atom. The summed E-state index contributed by atoms with van der Waals surface area (Å²) in [6.45, 7) is -1.83. The maximum atomic E-state index is 12.3. The number of benzene rings is 3. The molecule has 3 aromatic rings. The first-order chi connectivity index (χ1) is 22.2. The van der Waals surface area contributed by atoms with Gasteiger partial charge in [-0.2, -0.15) is 0 Å². The third-order valence-corrected chi connectivity index (χ3v) is 5.82. The molecule has 3 aromatic carbocycles. The third-order valence-electron chi connectivity index (χ3n) is 5.82. The van der Waals surface area contributed by atoms with E-state index < -0.39 is 35.8 Å². The van der Waals surface area contributed by atoms with Gasteiger partial charge in [0.1, 0.15) is 39.6 Å². The van der Waals surface area contributed by atoms with E-state index in [0.29, 0.717) is 0 Å². The monoisotopic (exact) mass is 638 g/mol. The van der Waals surface area contributed by atoms with Gasteiger partial charge in [0.15, 0.2) is 0 Å². The smallest absolute Gasteiger partial charge is 0.338 e. The first-order valence-electron chi connectivity index (χ1n) is 13.8. The molecule has 0 radical (unpaired) electrons. The molecule has 0 fully saturated rings. The number of aliphatic hydroxyl groups is 2. The molecule has 0 atom stereocenters. The van der Waals surface area contributed by atoms with E-state index in [9.17, 15) is 28.8 Å². The molecular formula is C32H30O14. The first-order valence-corrected chi connectivity index (χ1v) is 13.8. The number of aliphatic hydroxyl groups excluding tert-OH is 2. The summed E-state index contributed by atoms with van der Waals surface area (Å²) in [7, 11) is 0. The van der Waals surface area contributed by atoms with Crippen molar-refractivity contribution in [3.8, 4) is 0 Å². The second kappa shape index (κ2) is 18.3. The minimum Gasteiger partial charge on any atom is -0.460 e. The van der Waals surface area contributed by atoms with Crippen molar-refractivity contribution >= 4 is 35.8 Å². The van der Waals surface area contributed by atoms with Crippen LogP contribution in [0, 0.1) is 0 Å². The second-order valence-corrected chi connectivity index (χ2v) is 8.99. The Labute approximate surface area is 262 Å². The summed E-state index contributed by atoms with van der Waals surface area (Å²) < 4.78 is 29.8. The van der Waals surface area contributed by atoms with Crippen LogP contribution in [0.25, 0.3) is 0 Å². The number of hydrogen-bond donors (Lipinski definition) is 2. The summed E-state index contributed by atoms with van der Waals surface area (Å²) in [6.07, 6.45) is 0. The van der Waals surface area contributed by atoms with Crippen LogP contribution in [0.15, 0.2) is 72.8 Å². The lowest BCUT2D eigenvalue weighted by Crippen LogP contribution is -2.15. The van der Waals surface area contributed by atoms with Crippen molar-refractivity contribution in [2.75, 3.05) is 52.9 Å². The van der Waals surface area contributed by atoms with Gasteiger partial charge in [-0.05, 0) is 72.8 Å². The van der Waals surface area contributed by atoms with Gasteiger partial charge in [0.2, 0.25) is 0 Å². The molecule has 14 nitrogen and oxygen atoms in total. The van der Waals surface area contributed by atoms with Crippen molar-refractivity contribution in [1.82, 2.24) is 0 Å². The number of hydrogen-bond acceptors (Lipinski definition) is 14. The van der Waals surface area contributed by atoms with Crippen molar-refractivity contribution in [3.05, 3.63) is 106 Å². The van der Waals surface area contributed by atoms with E-state index in [1.165, 1.54) is 72.8 Å². The zero-order valence-electron chi connectivity index (χ0n) is 24.4. The average molecular weight is 639 g/mol. The highest BCUT2D eigenvalue weighted by Gasteiger charge is 2.15. The third kappa shape index (κ3) is 10.8. The van der Waals surface area contributed by atoms with Crippen LogP contribution in [-0.4, -0.2) is 98.9 Å². The standard InChI is InChI=1S/C32H30O14/c33-13-15-41-27(35)21-1-5-23(6-2-21)29(37)43-17-19-45-31(39)25-9-11-26(12-10-25)32(40)46-20-18-44-30(38)24-7-3-22(4-8-24)28(36)42-16-14-34/h1-12,33-34H,13-20H2. The predicted molar refractivity (Wildman–Crippen MR) is 155 cm³/mol. The summed E-state index contributed by atoms with van der Waals surface area (Å²) in [5.74, 6) is -4.12. The van der Waals surface area contributed by atoms with Crippen LogP contribution >= 0.6 is 0 Å². The van der Waals surface area contributed by atoms with Crippen molar-refractivity contribution in [3.63, 3.8) is 0 Å². The molecule has 0 saturated carbocycles. The zero-order valence-corrected chi connectivity index (χ0v) is 24.4. The second-order valence-electron chi connectivity index (χ2n) is 8.99. The largest absolute Gasteiger partial charge is 0.460 e. The number of ether oxygens (including phenoxy) is 6. The molecule has 0 bridgehead atoms. The number of carbonyl (C=O) groups is 6. The van der Waals surface area contributed by atoms with Crippen LogP contribution in [0.2, 0.25) is 0 Å². The highest BCUT2D eigenvalue weighted by Crippen LogP contribution is 2.11. The Morgan fingerprint density at radius 1 is 0.326 bits per heavy atom. The minimum absolute atomic E-state index is 0.133. The Balaban J connectivity index is 1.34. The lowest BCUT2D eigenvalue weighted by atomic mass is 10.1. The van der Waals surface area contributed by atoms with Crippen molar-refractivity contribution in [2.45, 2.75) is 0 Å². The van der Waals surface area contributed by atoms with Crippen LogP contribution < -0.4 is 0 Å². The Bertz CT molecular complexity index is 1380. The van der Waals surface area contributed by atoms with Gasteiger partial charge in [0, 0.05) is 0 Å². The topological polar surface area (TPSA) is 198 Å². The molecule has 0 aliphatic carbocycles. The van der Waals surface area contributed by atoms with Crippen molar-refractivity contribution in [2.24, 2.45) is 0 Å². The van der Waals surface area contributed by atoms with E-state index in [2.05, 4.69) is 0 Å². The molecule has 0 saturated heterocycles. The molecule has 0 spiro atoms. The maximum Gasteiger partial charge on any atom is 0.338 e.